The Hall–Kier alpha value is -1.83. The topological polar surface area (TPSA) is 81.1 Å². The third kappa shape index (κ3) is 4.37. The number of carbonyl (C=O) groups excluding carboxylic acids is 1. The van der Waals surface area contributed by atoms with E-state index in [1.54, 1.807) is 6.92 Å². The lowest BCUT2D eigenvalue weighted by molar-refractivity contribution is -0.137. The van der Waals surface area contributed by atoms with Crippen molar-refractivity contribution in [2.24, 2.45) is 11.5 Å². The van der Waals surface area contributed by atoms with Crippen LogP contribution in [0.25, 0.3) is 0 Å². The standard InChI is InChI=1S/C12H14F3N3OS/c1-6(4-10(16)19)18-7-2-3-9(12(13,14)15)8(5-7)11(17)20/h2-3,5-6,18H,4H2,1H3,(H2,16,19)(H2,17,20). The molecule has 0 heterocycles. The number of nitrogens with two attached hydrogens (primary N) is 2. The number of rotatable bonds is 5. The molecule has 0 aromatic heterocycles. The molecule has 5 N–H and O–H groups in total. The van der Waals surface area contributed by atoms with Gasteiger partial charge in [0, 0.05) is 23.7 Å². The smallest absolute Gasteiger partial charge is 0.389 e. The first-order valence-electron chi connectivity index (χ1n) is 5.67. The van der Waals surface area contributed by atoms with Crippen LogP contribution in [0, 0.1) is 0 Å². The Bertz CT molecular complexity index is 531. The summed E-state index contributed by atoms with van der Waals surface area (Å²) in [6.45, 7) is 1.68. The monoisotopic (exact) mass is 305 g/mol. The molecule has 1 aromatic rings. The van der Waals surface area contributed by atoms with Crippen LogP contribution in [0.4, 0.5) is 18.9 Å². The lowest BCUT2D eigenvalue weighted by Gasteiger charge is -2.17. The highest BCUT2D eigenvalue weighted by Gasteiger charge is 2.34. The van der Waals surface area contributed by atoms with Crippen LogP contribution in [0.1, 0.15) is 24.5 Å². The quantitative estimate of drug-likeness (QED) is 0.727. The van der Waals surface area contributed by atoms with Crippen LogP contribution in [0.2, 0.25) is 0 Å². The van der Waals surface area contributed by atoms with Crippen molar-refractivity contribution >= 4 is 28.8 Å². The van der Waals surface area contributed by atoms with Gasteiger partial charge < -0.3 is 16.8 Å². The summed E-state index contributed by atoms with van der Waals surface area (Å²) in [7, 11) is 0. The van der Waals surface area contributed by atoms with Crippen LogP contribution < -0.4 is 16.8 Å². The Morgan fingerprint density at radius 2 is 2.00 bits per heavy atom. The first kappa shape index (κ1) is 16.2. The van der Waals surface area contributed by atoms with Gasteiger partial charge in [-0.15, -0.1) is 0 Å². The highest BCUT2D eigenvalue weighted by molar-refractivity contribution is 7.80. The summed E-state index contributed by atoms with van der Waals surface area (Å²) in [4.78, 5) is 10.4. The van der Waals surface area contributed by atoms with Crippen molar-refractivity contribution in [1.29, 1.82) is 0 Å². The number of hydrogen-bond donors (Lipinski definition) is 3. The molecule has 1 atom stereocenters. The minimum absolute atomic E-state index is 0.0590. The Balaban J connectivity index is 3.05. The fourth-order valence-electron chi connectivity index (χ4n) is 1.72. The third-order valence-electron chi connectivity index (χ3n) is 2.51. The first-order chi connectivity index (χ1) is 9.11. The van der Waals surface area contributed by atoms with Gasteiger partial charge in [0.25, 0.3) is 0 Å². The van der Waals surface area contributed by atoms with Gasteiger partial charge in [-0.1, -0.05) is 12.2 Å². The number of alkyl halides is 3. The first-order valence-corrected chi connectivity index (χ1v) is 6.08. The van der Waals surface area contributed by atoms with E-state index in [9.17, 15) is 18.0 Å². The van der Waals surface area contributed by atoms with Crippen LogP contribution in [-0.4, -0.2) is 16.9 Å². The molecule has 0 radical (unpaired) electrons. The molecule has 0 bridgehead atoms. The van der Waals surface area contributed by atoms with E-state index in [2.05, 4.69) is 17.5 Å². The molecule has 0 spiro atoms. The van der Waals surface area contributed by atoms with Gasteiger partial charge in [-0.2, -0.15) is 13.2 Å². The summed E-state index contributed by atoms with van der Waals surface area (Å²) in [6.07, 6.45) is -4.47. The van der Waals surface area contributed by atoms with Crippen molar-refractivity contribution < 1.29 is 18.0 Å². The summed E-state index contributed by atoms with van der Waals surface area (Å²) in [5.74, 6) is -0.508. The number of amides is 1. The van der Waals surface area contributed by atoms with E-state index in [0.29, 0.717) is 5.69 Å². The minimum atomic E-state index is -4.53. The molecular formula is C12H14F3N3OS. The lowest BCUT2D eigenvalue weighted by Crippen LogP contribution is -2.24. The lowest BCUT2D eigenvalue weighted by atomic mass is 10.1. The van der Waals surface area contributed by atoms with Crippen molar-refractivity contribution in [3.05, 3.63) is 29.3 Å². The van der Waals surface area contributed by atoms with Gasteiger partial charge in [0.05, 0.1) is 5.56 Å². The van der Waals surface area contributed by atoms with Gasteiger partial charge in [0.1, 0.15) is 4.99 Å². The average molecular weight is 305 g/mol. The van der Waals surface area contributed by atoms with E-state index < -0.39 is 17.6 Å². The summed E-state index contributed by atoms with van der Waals surface area (Å²) < 4.78 is 38.3. The Labute approximate surface area is 119 Å². The predicted molar refractivity (Wildman–Crippen MR) is 74.2 cm³/mol. The zero-order chi connectivity index (χ0) is 15.5. The number of thiocarbonyl (C=S) groups is 1. The maximum Gasteiger partial charge on any atom is 0.417 e. The van der Waals surface area contributed by atoms with E-state index in [1.165, 1.54) is 12.1 Å². The van der Waals surface area contributed by atoms with Crippen LogP contribution in [0.5, 0.6) is 0 Å². The van der Waals surface area contributed by atoms with E-state index >= 15 is 0 Å². The number of anilines is 1. The second-order valence-corrected chi connectivity index (χ2v) is 4.78. The van der Waals surface area contributed by atoms with Crippen LogP contribution in [-0.2, 0) is 11.0 Å². The van der Waals surface area contributed by atoms with Gasteiger partial charge in [-0.3, -0.25) is 4.79 Å². The van der Waals surface area contributed by atoms with Gasteiger partial charge in [-0.25, -0.2) is 0 Å². The van der Waals surface area contributed by atoms with Gasteiger partial charge in [0.2, 0.25) is 5.91 Å². The Morgan fingerprint density at radius 1 is 1.40 bits per heavy atom. The highest BCUT2D eigenvalue weighted by atomic mass is 32.1. The molecule has 110 valence electrons. The maximum absolute atomic E-state index is 12.8. The fourth-order valence-corrected chi connectivity index (χ4v) is 1.89. The van der Waals surface area contributed by atoms with Crippen LogP contribution >= 0.6 is 12.2 Å². The zero-order valence-corrected chi connectivity index (χ0v) is 11.4. The number of halogens is 3. The van der Waals surface area contributed by atoms with Crippen molar-refractivity contribution in [2.75, 3.05) is 5.32 Å². The molecule has 0 saturated carbocycles. The molecule has 0 aliphatic rings. The van der Waals surface area contributed by atoms with E-state index in [-0.39, 0.29) is 23.0 Å². The van der Waals surface area contributed by atoms with Crippen LogP contribution in [0.15, 0.2) is 18.2 Å². The van der Waals surface area contributed by atoms with Crippen molar-refractivity contribution in [1.82, 2.24) is 0 Å². The molecule has 1 amide bonds. The minimum Gasteiger partial charge on any atom is -0.389 e. The molecule has 1 rings (SSSR count). The van der Waals surface area contributed by atoms with Crippen molar-refractivity contribution in [3.8, 4) is 0 Å². The van der Waals surface area contributed by atoms with Crippen molar-refractivity contribution in [2.45, 2.75) is 25.6 Å². The molecule has 20 heavy (non-hydrogen) atoms. The molecule has 0 aliphatic carbocycles. The molecular weight excluding hydrogens is 291 g/mol. The maximum atomic E-state index is 12.8. The predicted octanol–water partition coefficient (Wildman–Crippen LogP) is 2.02. The second-order valence-electron chi connectivity index (χ2n) is 4.34. The molecule has 0 aliphatic heterocycles. The fraction of sp³-hybridized carbons (Fsp3) is 0.333. The van der Waals surface area contributed by atoms with Crippen molar-refractivity contribution in [3.63, 3.8) is 0 Å². The number of benzene rings is 1. The Kier molecular flexibility index (Phi) is 4.93. The molecule has 0 saturated heterocycles. The highest BCUT2D eigenvalue weighted by Crippen LogP contribution is 2.33. The molecule has 1 unspecified atom stereocenters. The third-order valence-corrected chi connectivity index (χ3v) is 2.73. The normalized spacial score (nSPS) is 12.8. The zero-order valence-electron chi connectivity index (χ0n) is 10.6. The van der Waals surface area contributed by atoms with E-state index in [0.717, 1.165) is 6.07 Å². The summed E-state index contributed by atoms with van der Waals surface area (Å²) in [6, 6.07) is 3.04. The molecule has 4 nitrogen and oxygen atoms in total. The Morgan fingerprint density at radius 3 is 2.45 bits per heavy atom. The van der Waals surface area contributed by atoms with Gasteiger partial charge in [-0.05, 0) is 25.1 Å². The number of hydrogen-bond acceptors (Lipinski definition) is 3. The molecule has 0 fully saturated rings. The number of nitrogens with one attached hydrogen (secondary N) is 1. The molecule has 8 heteroatoms. The SMILES string of the molecule is CC(CC(N)=O)Nc1ccc(C(F)(F)F)c(C(N)=S)c1. The van der Waals surface area contributed by atoms with E-state index in [4.69, 9.17) is 11.5 Å². The largest absolute Gasteiger partial charge is 0.417 e. The summed E-state index contributed by atoms with van der Waals surface area (Å²) in [5, 5.41) is 2.86. The number of carbonyl (C=O) groups is 1. The number of primary amides is 1. The molecule has 1 aromatic carbocycles. The second kappa shape index (κ2) is 6.08. The average Bonchev–Trinajstić information content (AvgIpc) is 2.25. The van der Waals surface area contributed by atoms with Gasteiger partial charge >= 0.3 is 6.18 Å². The summed E-state index contributed by atoms with van der Waals surface area (Å²) in [5.41, 5.74) is 9.59. The van der Waals surface area contributed by atoms with E-state index in [1.807, 2.05) is 0 Å². The van der Waals surface area contributed by atoms with Gasteiger partial charge in [0.15, 0.2) is 0 Å². The van der Waals surface area contributed by atoms with Crippen LogP contribution in [0.3, 0.4) is 0 Å². The summed E-state index contributed by atoms with van der Waals surface area (Å²) >= 11 is 4.64.